The van der Waals surface area contributed by atoms with Gasteiger partial charge in [-0.1, -0.05) is 49.0 Å². The number of hydrogen-bond acceptors (Lipinski definition) is 7. The Labute approximate surface area is 199 Å². The molecule has 2 aromatic rings. The second-order valence-electron chi connectivity index (χ2n) is 9.47. The van der Waals surface area contributed by atoms with Crippen molar-refractivity contribution in [3.05, 3.63) is 41.5 Å². The molecule has 0 radical (unpaired) electrons. The second kappa shape index (κ2) is 8.47. The van der Waals surface area contributed by atoms with Crippen molar-refractivity contribution >= 4 is 29.4 Å². The normalized spacial score (nSPS) is 26.2. The zero-order chi connectivity index (χ0) is 22.4. The van der Waals surface area contributed by atoms with Crippen molar-refractivity contribution in [1.29, 1.82) is 0 Å². The number of fused-ring (bicyclic) bond motifs is 3. The number of carbonyl (C=O) groups is 1. The molecule has 1 amide bonds. The van der Waals surface area contributed by atoms with Gasteiger partial charge in [-0.2, -0.15) is 4.98 Å². The summed E-state index contributed by atoms with van der Waals surface area (Å²) in [5.41, 5.74) is 2.44. The first-order valence-electron chi connectivity index (χ1n) is 12.2. The van der Waals surface area contributed by atoms with E-state index in [1.54, 1.807) is 0 Å². The van der Waals surface area contributed by atoms with E-state index in [1.165, 1.54) is 23.4 Å². The quantitative estimate of drug-likeness (QED) is 0.629. The van der Waals surface area contributed by atoms with Crippen molar-refractivity contribution in [2.75, 3.05) is 62.3 Å². The van der Waals surface area contributed by atoms with Crippen LogP contribution in [0.5, 0.6) is 0 Å². The second-order valence-corrected chi connectivity index (χ2v) is 10.9. The molecule has 0 bridgehead atoms. The van der Waals surface area contributed by atoms with E-state index in [0.717, 1.165) is 69.8 Å². The Hall–Kier alpha value is -2.32. The van der Waals surface area contributed by atoms with Crippen molar-refractivity contribution in [3.8, 4) is 0 Å². The number of hydrogen-bond donors (Lipinski definition) is 0. The number of aromatic nitrogens is 2. The Morgan fingerprint density at radius 1 is 1.06 bits per heavy atom. The highest BCUT2D eigenvalue weighted by Crippen LogP contribution is 2.72. The van der Waals surface area contributed by atoms with E-state index in [2.05, 4.69) is 16.7 Å². The molecule has 3 fully saturated rings. The van der Waals surface area contributed by atoms with E-state index in [-0.39, 0.29) is 5.91 Å². The van der Waals surface area contributed by atoms with Gasteiger partial charge in [0.1, 0.15) is 10.8 Å². The summed E-state index contributed by atoms with van der Waals surface area (Å²) in [4.78, 5) is 29.7. The summed E-state index contributed by atoms with van der Waals surface area (Å²) in [6.07, 6.45) is 2.89. The average molecular weight is 466 g/mol. The lowest BCUT2D eigenvalue weighted by molar-refractivity contribution is -0.130. The van der Waals surface area contributed by atoms with Gasteiger partial charge in [0, 0.05) is 55.5 Å². The van der Waals surface area contributed by atoms with Crippen LogP contribution in [-0.2, 0) is 16.0 Å². The highest BCUT2D eigenvalue weighted by Gasteiger charge is 2.62. The Kier molecular flexibility index (Phi) is 5.45. The molecule has 1 aliphatic carbocycles. The summed E-state index contributed by atoms with van der Waals surface area (Å²) in [6, 6.07) is 10.0. The van der Waals surface area contributed by atoms with E-state index in [0.29, 0.717) is 17.1 Å². The molecule has 1 aromatic heterocycles. The van der Waals surface area contributed by atoms with Gasteiger partial charge in [-0.05, 0) is 18.4 Å². The number of carbonyl (C=O) groups excluding carboxylic acids is 1. The third kappa shape index (κ3) is 3.87. The number of rotatable bonds is 5. The first-order chi connectivity index (χ1) is 16.2. The minimum atomic E-state index is 0.213. The smallest absolute Gasteiger partial charge is 0.228 e. The van der Waals surface area contributed by atoms with Gasteiger partial charge in [0.25, 0.3) is 0 Å². The predicted molar refractivity (Wildman–Crippen MR) is 130 cm³/mol. The lowest BCUT2D eigenvalue weighted by Gasteiger charge is -2.37. The zero-order valence-corrected chi connectivity index (χ0v) is 20.0. The third-order valence-electron chi connectivity index (χ3n) is 7.57. The Balaban J connectivity index is 1.21. The predicted octanol–water partition coefficient (Wildman–Crippen LogP) is 2.95. The summed E-state index contributed by atoms with van der Waals surface area (Å²) in [7, 11) is 0. The van der Waals surface area contributed by atoms with Gasteiger partial charge in [0.05, 0.1) is 19.6 Å². The number of amides is 1. The maximum absolute atomic E-state index is 12.9. The molecule has 1 saturated carbocycles. The topological polar surface area (TPSA) is 61.8 Å². The summed E-state index contributed by atoms with van der Waals surface area (Å²) >= 11 is 1.98. The molecule has 4 heterocycles. The fourth-order valence-corrected chi connectivity index (χ4v) is 6.94. The SMILES string of the molecule is CCC12CC1c1c(nc(N3CCOCC3)nc1N1CCN(C(=O)Cc3ccccc3)CC1)S2. The lowest BCUT2D eigenvalue weighted by Crippen LogP contribution is -2.50. The van der Waals surface area contributed by atoms with Gasteiger partial charge in [-0.25, -0.2) is 4.98 Å². The van der Waals surface area contributed by atoms with E-state index >= 15 is 0 Å². The van der Waals surface area contributed by atoms with Crippen LogP contribution in [-0.4, -0.2) is 78.0 Å². The molecule has 2 unspecified atom stereocenters. The van der Waals surface area contributed by atoms with Gasteiger partial charge < -0.3 is 19.4 Å². The first kappa shape index (κ1) is 21.2. The zero-order valence-electron chi connectivity index (χ0n) is 19.2. The number of ether oxygens (including phenoxy) is 1. The first-order valence-corrected chi connectivity index (χ1v) is 13.0. The largest absolute Gasteiger partial charge is 0.378 e. The molecule has 2 atom stereocenters. The van der Waals surface area contributed by atoms with Crippen molar-refractivity contribution in [2.45, 2.75) is 41.9 Å². The molecule has 33 heavy (non-hydrogen) atoms. The van der Waals surface area contributed by atoms with Crippen LogP contribution in [0.3, 0.4) is 0 Å². The Bertz CT molecular complexity index is 1040. The molecule has 8 heteroatoms. The van der Waals surface area contributed by atoms with Crippen LogP contribution >= 0.6 is 11.8 Å². The van der Waals surface area contributed by atoms with Crippen LogP contribution < -0.4 is 9.80 Å². The maximum atomic E-state index is 12.9. The molecule has 6 rings (SSSR count). The van der Waals surface area contributed by atoms with Crippen molar-refractivity contribution in [1.82, 2.24) is 14.9 Å². The number of nitrogens with zero attached hydrogens (tertiary/aromatic N) is 5. The minimum absolute atomic E-state index is 0.213. The van der Waals surface area contributed by atoms with Crippen LogP contribution in [0, 0.1) is 0 Å². The van der Waals surface area contributed by atoms with E-state index in [9.17, 15) is 4.79 Å². The van der Waals surface area contributed by atoms with Gasteiger partial charge in [-0.15, -0.1) is 0 Å². The molecule has 174 valence electrons. The van der Waals surface area contributed by atoms with Crippen LogP contribution in [0.1, 0.15) is 36.8 Å². The lowest BCUT2D eigenvalue weighted by atomic mass is 10.1. The standard InChI is InChI=1S/C25H31N5O2S/c1-2-25-17-19(25)21-22(26-24(27-23(21)33-25)30-12-14-32-15-13-30)29-10-8-28(9-11-29)20(31)16-18-6-4-3-5-7-18/h3-7,19H,2,8-17H2,1H3. The molecule has 7 nitrogen and oxygen atoms in total. The van der Waals surface area contributed by atoms with E-state index < -0.39 is 0 Å². The van der Waals surface area contributed by atoms with E-state index in [4.69, 9.17) is 14.7 Å². The highest BCUT2D eigenvalue weighted by molar-refractivity contribution is 8.01. The monoisotopic (exact) mass is 465 g/mol. The summed E-state index contributed by atoms with van der Waals surface area (Å²) in [5.74, 6) is 2.75. The molecule has 0 spiro atoms. The fraction of sp³-hybridized carbons (Fsp3) is 0.560. The van der Waals surface area contributed by atoms with E-state index in [1.807, 2.05) is 47.0 Å². The maximum Gasteiger partial charge on any atom is 0.228 e. The summed E-state index contributed by atoms with van der Waals surface area (Å²) in [6.45, 7) is 8.57. The van der Waals surface area contributed by atoms with Crippen molar-refractivity contribution in [3.63, 3.8) is 0 Å². The van der Waals surface area contributed by atoms with Gasteiger partial charge in [0.15, 0.2) is 0 Å². The van der Waals surface area contributed by atoms with Gasteiger partial charge in [0.2, 0.25) is 11.9 Å². The molecular formula is C25H31N5O2S. The summed E-state index contributed by atoms with van der Waals surface area (Å²) in [5, 5.41) is 1.18. The van der Waals surface area contributed by atoms with Crippen LogP contribution in [0.4, 0.5) is 11.8 Å². The molecule has 1 aromatic carbocycles. The number of morpholine rings is 1. The summed E-state index contributed by atoms with van der Waals surface area (Å²) < 4.78 is 5.88. The number of piperazine rings is 1. The average Bonchev–Trinajstić information content (AvgIpc) is 3.49. The number of anilines is 2. The van der Waals surface area contributed by atoms with Crippen molar-refractivity contribution in [2.24, 2.45) is 0 Å². The van der Waals surface area contributed by atoms with Crippen LogP contribution in [0.2, 0.25) is 0 Å². The van der Waals surface area contributed by atoms with Gasteiger partial charge in [-0.3, -0.25) is 4.79 Å². The third-order valence-corrected chi connectivity index (χ3v) is 9.23. The molecule has 4 aliphatic rings. The fourth-order valence-electron chi connectivity index (χ4n) is 5.43. The van der Waals surface area contributed by atoms with Crippen LogP contribution in [0.15, 0.2) is 35.4 Å². The van der Waals surface area contributed by atoms with Crippen LogP contribution in [0.25, 0.3) is 0 Å². The molecular weight excluding hydrogens is 434 g/mol. The number of benzene rings is 1. The molecule has 2 saturated heterocycles. The Morgan fingerprint density at radius 3 is 2.55 bits per heavy atom. The minimum Gasteiger partial charge on any atom is -0.378 e. The van der Waals surface area contributed by atoms with Crippen molar-refractivity contribution < 1.29 is 9.53 Å². The Morgan fingerprint density at radius 2 is 1.82 bits per heavy atom. The molecule has 0 N–H and O–H groups in total. The van der Waals surface area contributed by atoms with Gasteiger partial charge >= 0.3 is 0 Å². The number of thioether (sulfide) groups is 1. The highest BCUT2D eigenvalue weighted by atomic mass is 32.2. The molecule has 3 aliphatic heterocycles.